The van der Waals surface area contributed by atoms with Crippen molar-refractivity contribution in [2.75, 3.05) is 18.0 Å². The van der Waals surface area contributed by atoms with Gasteiger partial charge in [-0.2, -0.15) is 0 Å². The largest absolute Gasteiger partial charge is 0.355 e. The van der Waals surface area contributed by atoms with E-state index in [1.54, 1.807) is 11.8 Å². The van der Waals surface area contributed by atoms with Crippen molar-refractivity contribution in [3.63, 3.8) is 0 Å². The van der Waals surface area contributed by atoms with Gasteiger partial charge < -0.3 is 10.2 Å². The highest BCUT2D eigenvalue weighted by atomic mass is 32.2. The average Bonchev–Trinajstić information content (AvgIpc) is 2.70. The molecule has 0 radical (unpaired) electrons. The number of nitrogens with zero attached hydrogens (tertiary/aromatic N) is 3. The smallest absolute Gasteiger partial charge is 0.216 e. The van der Waals surface area contributed by atoms with Gasteiger partial charge in [0.25, 0.3) is 0 Å². The lowest BCUT2D eigenvalue weighted by Gasteiger charge is -2.31. The van der Waals surface area contributed by atoms with Gasteiger partial charge in [-0.1, -0.05) is 48.2 Å². The fourth-order valence-electron chi connectivity index (χ4n) is 3.48. The molecular formula is C22H18N4OS. The molecule has 1 amide bonds. The van der Waals surface area contributed by atoms with E-state index >= 15 is 0 Å². The van der Waals surface area contributed by atoms with Crippen LogP contribution in [0, 0.1) is 0 Å². The zero-order chi connectivity index (χ0) is 19.1. The summed E-state index contributed by atoms with van der Waals surface area (Å²) in [4.78, 5) is 25.5. The molecule has 0 saturated carbocycles. The van der Waals surface area contributed by atoms with Crippen LogP contribution in [0.4, 0.5) is 11.6 Å². The predicted octanol–water partition coefficient (Wildman–Crippen LogP) is 4.52. The summed E-state index contributed by atoms with van der Waals surface area (Å²) in [6.07, 6.45) is 0. The van der Waals surface area contributed by atoms with E-state index in [2.05, 4.69) is 34.5 Å². The van der Waals surface area contributed by atoms with Crippen LogP contribution in [0.1, 0.15) is 6.92 Å². The average molecular weight is 386 g/mol. The second-order valence-corrected chi connectivity index (χ2v) is 7.83. The second kappa shape index (κ2) is 6.80. The van der Waals surface area contributed by atoms with Crippen LogP contribution in [0.15, 0.2) is 70.5 Å². The molecule has 0 fully saturated rings. The molecule has 0 aliphatic carbocycles. The molecule has 2 aromatic heterocycles. The maximum atomic E-state index is 11.4. The number of benzene rings is 2. The molecule has 138 valence electrons. The molecule has 1 aliphatic heterocycles. The Kier molecular flexibility index (Phi) is 4.13. The molecule has 1 aliphatic rings. The molecule has 0 bridgehead atoms. The third-order valence-corrected chi connectivity index (χ3v) is 5.82. The summed E-state index contributed by atoms with van der Waals surface area (Å²) in [6, 6.07) is 20.6. The van der Waals surface area contributed by atoms with E-state index in [-0.39, 0.29) is 5.91 Å². The standard InChI is InChI=1S/C22H18N4OS/c1-14(27)23-10-11-26-21-19(12-15-6-2-4-8-17(15)24-21)28-20-13-16-7-3-5-9-18(16)25-22(20)26/h2-9,12-13H,10-11H2,1H3,(H,23,27). The molecule has 0 unspecified atom stereocenters. The fourth-order valence-corrected chi connectivity index (χ4v) is 4.59. The zero-order valence-electron chi connectivity index (χ0n) is 15.3. The number of anilines is 2. The molecule has 28 heavy (non-hydrogen) atoms. The van der Waals surface area contributed by atoms with E-state index in [1.165, 1.54) is 6.92 Å². The summed E-state index contributed by atoms with van der Waals surface area (Å²) in [7, 11) is 0. The molecule has 5 rings (SSSR count). The molecule has 6 heteroatoms. The maximum absolute atomic E-state index is 11.4. The summed E-state index contributed by atoms with van der Waals surface area (Å²) in [5.41, 5.74) is 1.91. The lowest BCUT2D eigenvalue weighted by molar-refractivity contribution is -0.118. The highest BCUT2D eigenvalue weighted by Crippen LogP contribution is 2.47. The summed E-state index contributed by atoms with van der Waals surface area (Å²) in [6.45, 7) is 2.67. The van der Waals surface area contributed by atoms with Crippen LogP contribution in [0.2, 0.25) is 0 Å². The first-order valence-electron chi connectivity index (χ1n) is 9.18. The van der Waals surface area contributed by atoms with Gasteiger partial charge in [0.1, 0.15) is 11.6 Å². The highest BCUT2D eigenvalue weighted by molar-refractivity contribution is 7.99. The lowest BCUT2D eigenvalue weighted by Crippen LogP contribution is -2.33. The maximum Gasteiger partial charge on any atom is 0.216 e. The summed E-state index contributed by atoms with van der Waals surface area (Å²) >= 11 is 1.70. The first-order valence-corrected chi connectivity index (χ1v) is 10.00. The van der Waals surface area contributed by atoms with Crippen molar-refractivity contribution in [2.24, 2.45) is 0 Å². The quantitative estimate of drug-likeness (QED) is 0.561. The zero-order valence-corrected chi connectivity index (χ0v) is 16.2. The number of rotatable bonds is 3. The normalized spacial score (nSPS) is 12.7. The number of pyridine rings is 2. The van der Waals surface area contributed by atoms with Gasteiger partial charge in [-0.3, -0.25) is 4.79 Å². The second-order valence-electron chi connectivity index (χ2n) is 6.74. The summed E-state index contributed by atoms with van der Waals surface area (Å²) in [5, 5.41) is 5.12. The molecule has 2 aromatic carbocycles. The van der Waals surface area contributed by atoms with E-state index in [1.807, 2.05) is 36.4 Å². The molecule has 0 spiro atoms. The predicted molar refractivity (Wildman–Crippen MR) is 113 cm³/mol. The molecule has 4 aromatic rings. The Labute approximate surface area is 166 Å². The molecular weight excluding hydrogens is 368 g/mol. The van der Waals surface area contributed by atoms with Crippen LogP contribution >= 0.6 is 11.8 Å². The van der Waals surface area contributed by atoms with Crippen molar-refractivity contribution < 1.29 is 4.79 Å². The number of carbonyl (C=O) groups is 1. The molecule has 1 N–H and O–H groups in total. The minimum absolute atomic E-state index is 0.0372. The summed E-state index contributed by atoms with van der Waals surface area (Å²) in [5.74, 6) is 1.75. The summed E-state index contributed by atoms with van der Waals surface area (Å²) < 4.78 is 0. The van der Waals surface area contributed by atoms with Gasteiger partial charge in [-0.05, 0) is 24.3 Å². The van der Waals surface area contributed by atoms with Crippen molar-refractivity contribution in [3.8, 4) is 0 Å². The topological polar surface area (TPSA) is 58.1 Å². The first-order chi connectivity index (χ1) is 13.7. The van der Waals surface area contributed by atoms with E-state index in [0.717, 1.165) is 43.2 Å². The van der Waals surface area contributed by atoms with Crippen molar-refractivity contribution in [2.45, 2.75) is 16.7 Å². The third kappa shape index (κ3) is 2.96. The van der Waals surface area contributed by atoms with Crippen LogP contribution in [0.5, 0.6) is 0 Å². The number of amides is 1. The minimum Gasteiger partial charge on any atom is -0.355 e. The lowest BCUT2D eigenvalue weighted by atomic mass is 10.2. The number of aromatic nitrogens is 2. The van der Waals surface area contributed by atoms with Gasteiger partial charge in [0.05, 0.1) is 20.8 Å². The van der Waals surface area contributed by atoms with Gasteiger partial charge in [0.2, 0.25) is 5.91 Å². The van der Waals surface area contributed by atoms with Crippen LogP contribution in [0.25, 0.3) is 21.8 Å². The number of para-hydroxylation sites is 2. The van der Waals surface area contributed by atoms with E-state index in [4.69, 9.17) is 9.97 Å². The number of fused-ring (bicyclic) bond motifs is 4. The Hall–Kier alpha value is -3.12. The molecule has 0 atom stereocenters. The minimum atomic E-state index is -0.0372. The number of hydrogen-bond acceptors (Lipinski definition) is 5. The first kappa shape index (κ1) is 17.0. The van der Waals surface area contributed by atoms with Crippen LogP contribution < -0.4 is 10.2 Å². The Morgan fingerprint density at radius 3 is 2.00 bits per heavy atom. The van der Waals surface area contributed by atoms with Crippen LogP contribution in [-0.4, -0.2) is 29.0 Å². The Balaban J connectivity index is 1.67. The van der Waals surface area contributed by atoms with Gasteiger partial charge in [0.15, 0.2) is 0 Å². The number of nitrogens with one attached hydrogen (secondary N) is 1. The molecule has 3 heterocycles. The van der Waals surface area contributed by atoms with Crippen molar-refractivity contribution >= 4 is 51.1 Å². The Morgan fingerprint density at radius 2 is 1.46 bits per heavy atom. The van der Waals surface area contributed by atoms with Gasteiger partial charge in [-0.15, -0.1) is 0 Å². The van der Waals surface area contributed by atoms with E-state index in [9.17, 15) is 4.79 Å². The van der Waals surface area contributed by atoms with Gasteiger partial charge in [0, 0.05) is 30.8 Å². The van der Waals surface area contributed by atoms with E-state index < -0.39 is 0 Å². The van der Waals surface area contributed by atoms with Crippen molar-refractivity contribution in [1.29, 1.82) is 0 Å². The highest BCUT2D eigenvalue weighted by Gasteiger charge is 2.27. The van der Waals surface area contributed by atoms with Gasteiger partial charge >= 0.3 is 0 Å². The third-order valence-electron chi connectivity index (χ3n) is 4.78. The number of carbonyl (C=O) groups excluding carboxylic acids is 1. The van der Waals surface area contributed by atoms with Crippen molar-refractivity contribution in [1.82, 2.24) is 15.3 Å². The Bertz CT molecular complexity index is 1140. The monoisotopic (exact) mass is 386 g/mol. The van der Waals surface area contributed by atoms with Crippen LogP contribution in [0.3, 0.4) is 0 Å². The van der Waals surface area contributed by atoms with Crippen molar-refractivity contribution in [3.05, 3.63) is 60.7 Å². The molecule has 0 saturated heterocycles. The van der Waals surface area contributed by atoms with E-state index in [0.29, 0.717) is 13.1 Å². The van der Waals surface area contributed by atoms with Crippen LogP contribution in [-0.2, 0) is 4.79 Å². The Morgan fingerprint density at radius 1 is 0.929 bits per heavy atom. The van der Waals surface area contributed by atoms with Gasteiger partial charge in [-0.25, -0.2) is 9.97 Å². The fraction of sp³-hybridized carbons (Fsp3) is 0.136. The molecule has 5 nitrogen and oxygen atoms in total. The SMILES string of the molecule is CC(=O)NCCN1c2nc3ccccc3cc2Sc2cc3ccccc3nc21. The number of hydrogen-bond donors (Lipinski definition) is 1.